The standard InChI is InChI=1S/C17H14N8O/c1-11-20-16(24-23-11)12-4-2-5-13(8-12)21-17(26)14-6-3-7-15(22-14)25-9-18-19-10-25/h2-10H,1H3,(H,21,26)(H,20,23,24). The Morgan fingerprint density at radius 1 is 1.08 bits per heavy atom. The molecule has 0 saturated heterocycles. The molecule has 0 aliphatic heterocycles. The van der Waals surface area contributed by atoms with Gasteiger partial charge in [-0.15, -0.1) is 10.2 Å². The molecule has 26 heavy (non-hydrogen) atoms. The van der Waals surface area contributed by atoms with E-state index in [4.69, 9.17) is 0 Å². The molecule has 4 aromatic rings. The zero-order valence-electron chi connectivity index (χ0n) is 13.8. The lowest BCUT2D eigenvalue weighted by atomic mass is 10.2. The van der Waals surface area contributed by atoms with Crippen LogP contribution < -0.4 is 5.32 Å². The molecule has 3 aromatic heterocycles. The number of benzene rings is 1. The van der Waals surface area contributed by atoms with Crippen molar-refractivity contribution in [1.29, 1.82) is 0 Å². The van der Waals surface area contributed by atoms with Gasteiger partial charge in [-0.25, -0.2) is 9.97 Å². The molecule has 128 valence electrons. The smallest absolute Gasteiger partial charge is 0.274 e. The third kappa shape index (κ3) is 3.18. The van der Waals surface area contributed by atoms with Crippen LogP contribution in [0.5, 0.6) is 0 Å². The first kappa shape index (κ1) is 15.6. The van der Waals surface area contributed by atoms with E-state index in [0.29, 0.717) is 17.3 Å². The van der Waals surface area contributed by atoms with Gasteiger partial charge in [0, 0.05) is 11.3 Å². The van der Waals surface area contributed by atoms with E-state index in [2.05, 4.69) is 35.7 Å². The van der Waals surface area contributed by atoms with Crippen LogP contribution in [0.4, 0.5) is 5.69 Å². The van der Waals surface area contributed by atoms with Crippen LogP contribution in [0.1, 0.15) is 16.3 Å². The fourth-order valence-electron chi connectivity index (χ4n) is 2.42. The van der Waals surface area contributed by atoms with Gasteiger partial charge in [-0.3, -0.25) is 14.5 Å². The molecule has 4 rings (SSSR count). The highest BCUT2D eigenvalue weighted by atomic mass is 16.1. The quantitative estimate of drug-likeness (QED) is 0.584. The van der Waals surface area contributed by atoms with E-state index in [1.54, 1.807) is 28.8 Å². The van der Waals surface area contributed by atoms with Crippen LogP contribution in [-0.2, 0) is 0 Å². The van der Waals surface area contributed by atoms with Crippen molar-refractivity contribution in [3.05, 3.63) is 66.6 Å². The SMILES string of the molecule is Cc1nc(-c2cccc(NC(=O)c3cccc(-n4cnnc4)n3)c2)n[nH]1. The Morgan fingerprint density at radius 3 is 2.65 bits per heavy atom. The van der Waals surface area contributed by atoms with Crippen LogP contribution in [0.3, 0.4) is 0 Å². The molecule has 2 N–H and O–H groups in total. The summed E-state index contributed by atoms with van der Waals surface area (Å²) in [5.74, 6) is 1.55. The third-order valence-electron chi connectivity index (χ3n) is 3.63. The number of anilines is 1. The number of pyridine rings is 1. The Balaban J connectivity index is 1.56. The molecule has 1 amide bonds. The number of nitrogens with one attached hydrogen (secondary N) is 2. The van der Waals surface area contributed by atoms with Gasteiger partial charge in [-0.05, 0) is 31.2 Å². The number of rotatable bonds is 4. The van der Waals surface area contributed by atoms with Crippen molar-refractivity contribution in [3.8, 4) is 17.2 Å². The number of aromatic nitrogens is 7. The first-order valence-electron chi connectivity index (χ1n) is 7.82. The number of nitrogens with zero attached hydrogens (tertiary/aromatic N) is 6. The van der Waals surface area contributed by atoms with Crippen LogP contribution in [-0.4, -0.2) is 40.8 Å². The van der Waals surface area contributed by atoms with Crippen molar-refractivity contribution in [3.63, 3.8) is 0 Å². The van der Waals surface area contributed by atoms with E-state index in [0.717, 1.165) is 11.4 Å². The van der Waals surface area contributed by atoms with E-state index in [1.807, 2.05) is 25.1 Å². The molecule has 9 nitrogen and oxygen atoms in total. The Hall–Kier alpha value is -3.88. The zero-order valence-corrected chi connectivity index (χ0v) is 13.8. The summed E-state index contributed by atoms with van der Waals surface area (Å²) in [6.45, 7) is 1.83. The maximum atomic E-state index is 12.5. The van der Waals surface area contributed by atoms with Crippen molar-refractivity contribution < 1.29 is 4.79 Å². The molecule has 0 unspecified atom stereocenters. The number of H-pyrrole nitrogens is 1. The minimum absolute atomic E-state index is 0.287. The topological polar surface area (TPSA) is 114 Å². The predicted molar refractivity (Wildman–Crippen MR) is 93.7 cm³/mol. The first-order chi connectivity index (χ1) is 12.7. The minimum Gasteiger partial charge on any atom is -0.321 e. The lowest BCUT2D eigenvalue weighted by Crippen LogP contribution is -2.14. The summed E-state index contributed by atoms with van der Waals surface area (Å²) in [5, 5.41) is 17.2. The van der Waals surface area contributed by atoms with E-state index >= 15 is 0 Å². The average molecular weight is 346 g/mol. The molecular formula is C17H14N8O. The molecule has 0 saturated carbocycles. The summed E-state index contributed by atoms with van der Waals surface area (Å²) >= 11 is 0. The fourth-order valence-corrected chi connectivity index (χ4v) is 2.42. The van der Waals surface area contributed by atoms with Gasteiger partial charge in [0.1, 0.15) is 30.0 Å². The number of carbonyl (C=O) groups is 1. The van der Waals surface area contributed by atoms with E-state index < -0.39 is 0 Å². The van der Waals surface area contributed by atoms with Gasteiger partial charge in [0.25, 0.3) is 5.91 Å². The highest BCUT2D eigenvalue weighted by Crippen LogP contribution is 2.19. The molecule has 0 aliphatic carbocycles. The van der Waals surface area contributed by atoms with Crippen molar-refractivity contribution in [2.45, 2.75) is 6.92 Å². The van der Waals surface area contributed by atoms with Crippen LogP contribution >= 0.6 is 0 Å². The van der Waals surface area contributed by atoms with Gasteiger partial charge in [0.15, 0.2) is 5.82 Å². The molecule has 0 bridgehead atoms. The van der Waals surface area contributed by atoms with Gasteiger partial charge in [-0.2, -0.15) is 5.10 Å². The second-order valence-corrected chi connectivity index (χ2v) is 5.53. The molecular weight excluding hydrogens is 332 g/mol. The fraction of sp³-hybridized carbons (Fsp3) is 0.0588. The number of hydrogen-bond donors (Lipinski definition) is 2. The molecule has 0 spiro atoms. The second kappa shape index (κ2) is 6.55. The number of amides is 1. The van der Waals surface area contributed by atoms with Gasteiger partial charge >= 0.3 is 0 Å². The normalized spacial score (nSPS) is 10.7. The Morgan fingerprint density at radius 2 is 1.88 bits per heavy atom. The van der Waals surface area contributed by atoms with Gasteiger partial charge < -0.3 is 5.32 Å². The van der Waals surface area contributed by atoms with Gasteiger partial charge in [0.2, 0.25) is 0 Å². The maximum absolute atomic E-state index is 12.5. The van der Waals surface area contributed by atoms with E-state index in [9.17, 15) is 4.79 Å². The average Bonchev–Trinajstić information content (AvgIpc) is 3.34. The number of carbonyl (C=O) groups excluding carboxylic acids is 1. The maximum Gasteiger partial charge on any atom is 0.274 e. The minimum atomic E-state index is -0.316. The molecule has 0 aliphatic rings. The summed E-state index contributed by atoms with van der Waals surface area (Å²) in [6, 6.07) is 12.5. The van der Waals surface area contributed by atoms with Crippen molar-refractivity contribution >= 4 is 11.6 Å². The van der Waals surface area contributed by atoms with Crippen LogP contribution in [0.2, 0.25) is 0 Å². The lowest BCUT2D eigenvalue weighted by Gasteiger charge is -2.07. The molecule has 0 radical (unpaired) electrons. The molecule has 0 atom stereocenters. The monoisotopic (exact) mass is 346 g/mol. The van der Waals surface area contributed by atoms with E-state index in [-0.39, 0.29) is 11.6 Å². The highest BCUT2D eigenvalue weighted by Gasteiger charge is 2.11. The summed E-state index contributed by atoms with van der Waals surface area (Å²) in [6.07, 6.45) is 3.04. The summed E-state index contributed by atoms with van der Waals surface area (Å²) in [7, 11) is 0. The second-order valence-electron chi connectivity index (χ2n) is 5.53. The Kier molecular flexibility index (Phi) is 3.94. The van der Waals surface area contributed by atoms with E-state index in [1.165, 1.54) is 12.7 Å². The van der Waals surface area contributed by atoms with Crippen molar-refractivity contribution in [2.75, 3.05) is 5.32 Å². The lowest BCUT2D eigenvalue weighted by molar-refractivity contribution is 0.102. The summed E-state index contributed by atoms with van der Waals surface area (Å²) in [5.41, 5.74) is 1.72. The number of aryl methyl sites for hydroxylation is 1. The largest absolute Gasteiger partial charge is 0.321 e. The first-order valence-corrected chi connectivity index (χ1v) is 7.82. The van der Waals surface area contributed by atoms with Gasteiger partial charge in [-0.1, -0.05) is 18.2 Å². The molecule has 3 heterocycles. The molecule has 9 heteroatoms. The van der Waals surface area contributed by atoms with Crippen molar-refractivity contribution in [1.82, 2.24) is 34.9 Å². The van der Waals surface area contributed by atoms with Crippen LogP contribution in [0.25, 0.3) is 17.2 Å². The molecule has 1 aromatic carbocycles. The van der Waals surface area contributed by atoms with Gasteiger partial charge in [0.05, 0.1) is 0 Å². The number of hydrogen-bond acceptors (Lipinski definition) is 6. The molecule has 0 fully saturated rings. The Labute approximate surface area is 148 Å². The Bertz CT molecular complexity index is 1050. The summed E-state index contributed by atoms with van der Waals surface area (Å²) < 4.78 is 1.63. The third-order valence-corrected chi connectivity index (χ3v) is 3.63. The van der Waals surface area contributed by atoms with Crippen molar-refractivity contribution in [2.24, 2.45) is 0 Å². The number of aromatic amines is 1. The highest BCUT2D eigenvalue weighted by molar-refractivity contribution is 6.03. The summed E-state index contributed by atoms with van der Waals surface area (Å²) in [4.78, 5) is 21.2. The predicted octanol–water partition coefficient (Wildman–Crippen LogP) is 2.01. The zero-order chi connectivity index (χ0) is 17.9. The van der Waals surface area contributed by atoms with Crippen LogP contribution in [0.15, 0.2) is 55.1 Å². The van der Waals surface area contributed by atoms with Crippen LogP contribution in [0, 0.1) is 6.92 Å².